The average molecular weight is 401 g/mol. The Morgan fingerprint density at radius 2 is 1.79 bits per heavy atom. The number of piperazine rings is 1. The molecule has 6 nitrogen and oxygen atoms in total. The molecule has 7 heteroatoms. The molecule has 2 aliphatic rings. The van der Waals surface area contributed by atoms with Crippen LogP contribution in [-0.2, 0) is 11.3 Å². The Hall–Kier alpha value is -2.22. The molecule has 1 saturated carbocycles. The number of hydrogen-bond acceptors (Lipinski definition) is 3. The van der Waals surface area contributed by atoms with E-state index in [4.69, 9.17) is 0 Å². The van der Waals surface area contributed by atoms with Crippen LogP contribution in [0.2, 0.25) is 0 Å². The van der Waals surface area contributed by atoms with Crippen molar-refractivity contribution >= 4 is 28.8 Å². The highest BCUT2D eigenvalue weighted by molar-refractivity contribution is 7.07. The van der Waals surface area contributed by atoms with E-state index >= 15 is 0 Å². The summed E-state index contributed by atoms with van der Waals surface area (Å²) < 4.78 is 0. The van der Waals surface area contributed by atoms with Crippen molar-refractivity contribution in [1.82, 2.24) is 5.32 Å². The Balaban J connectivity index is 1.26. The Morgan fingerprint density at radius 3 is 2.50 bits per heavy atom. The van der Waals surface area contributed by atoms with Crippen molar-refractivity contribution in [3.63, 3.8) is 0 Å². The summed E-state index contributed by atoms with van der Waals surface area (Å²) in [6.45, 7) is 5.68. The smallest absolute Gasteiger partial charge is 0.279 e. The van der Waals surface area contributed by atoms with Crippen LogP contribution in [0.25, 0.3) is 0 Å². The Morgan fingerprint density at radius 1 is 1.04 bits per heavy atom. The lowest BCUT2D eigenvalue weighted by Crippen LogP contribution is -3.28. The Labute approximate surface area is 169 Å². The Kier molecular flexibility index (Phi) is 6.04. The number of amides is 2. The standard InChI is InChI=1S/C21H26N4O2S/c26-20(14-25-10-8-24(9-11-25)13-16-7-12-28-15-16)23-19-4-2-1-3-18(19)21(27)22-17-5-6-17/h1-4,7,12,15,17H,5-6,8-11,13-14H2,(H,22,27)(H,23,26)/p+2. The van der Waals surface area contributed by atoms with Crippen LogP contribution in [0, 0.1) is 0 Å². The van der Waals surface area contributed by atoms with Crippen molar-refractivity contribution in [2.45, 2.75) is 25.4 Å². The molecule has 2 heterocycles. The summed E-state index contributed by atoms with van der Waals surface area (Å²) in [5.74, 6) is -0.126. The third-order valence-electron chi connectivity index (χ3n) is 5.47. The van der Waals surface area contributed by atoms with Gasteiger partial charge in [0.05, 0.1) is 11.3 Å². The number of carbonyl (C=O) groups excluding carboxylic acids is 2. The van der Waals surface area contributed by atoms with Crippen LogP contribution in [0.5, 0.6) is 0 Å². The third-order valence-corrected chi connectivity index (χ3v) is 6.20. The summed E-state index contributed by atoms with van der Waals surface area (Å²) in [5.41, 5.74) is 2.55. The van der Waals surface area contributed by atoms with Gasteiger partial charge in [0.15, 0.2) is 6.54 Å². The highest BCUT2D eigenvalue weighted by atomic mass is 32.1. The topological polar surface area (TPSA) is 67.1 Å². The molecule has 4 N–H and O–H groups in total. The lowest BCUT2D eigenvalue weighted by atomic mass is 10.1. The molecule has 0 unspecified atom stereocenters. The quantitative estimate of drug-likeness (QED) is 0.509. The predicted molar refractivity (Wildman–Crippen MR) is 110 cm³/mol. The maximum atomic E-state index is 12.6. The van der Waals surface area contributed by atoms with Crippen LogP contribution in [0.1, 0.15) is 28.8 Å². The molecule has 1 aliphatic carbocycles. The fourth-order valence-corrected chi connectivity index (χ4v) is 4.36. The molecule has 2 aromatic rings. The van der Waals surface area contributed by atoms with Gasteiger partial charge in [-0.05, 0) is 41.8 Å². The average Bonchev–Trinajstić information content (AvgIpc) is 3.36. The normalized spacial score (nSPS) is 21.9. The molecule has 4 rings (SSSR count). The van der Waals surface area contributed by atoms with E-state index in [2.05, 4.69) is 27.5 Å². The van der Waals surface area contributed by atoms with Crippen LogP contribution in [-0.4, -0.2) is 50.6 Å². The summed E-state index contributed by atoms with van der Waals surface area (Å²) in [4.78, 5) is 27.8. The van der Waals surface area contributed by atoms with E-state index in [0.717, 1.165) is 45.6 Å². The van der Waals surface area contributed by atoms with Crippen molar-refractivity contribution in [2.75, 3.05) is 38.0 Å². The van der Waals surface area contributed by atoms with Gasteiger partial charge in [0.25, 0.3) is 11.8 Å². The van der Waals surface area contributed by atoms with Gasteiger partial charge in [-0.1, -0.05) is 12.1 Å². The number of hydrogen-bond donors (Lipinski definition) is 4. The lowest BCUT2D eigenvalue weighted by Gasteiger charge is -2.29. The molecule has 28 heavy (non-hydrogen) atoms. The summed E-state index contributed by atoms with van der Waals surface area (Å²) in [5, 5.41) is 10.3. The van der Waals surface area contributed by atoms with Gasteiger partial charge in [0, 0.05) is 11.6 Å². The Bertz CT molecular complexity index is 812. The monoisotopic (exact) mass is 400 g/mol. The molecule has 1 aromatic carbocycles. The maximum absolute atomic E-state index is 12.6. The van der Waals surface area contributed by atoms with Crippen molar-refractivity contribution in [1.29, 1.82) is 0 Å². The molecule has 0 radical (unpaired) electrons. The summed E-state index contributed by atoms with van der Waals surface area (Å²) in [6, 6.07) is 9.75. The molecule has 1 aliphatic heterocycles. The highest BCUT2D eigenvalue weighted by Crippen LogP contribution is 2.21. The summed E-state index contributed by atoms with van der Waals surface area (Å²) >= 11 is 1.75. The molecule has 2 amide bonds. The molecule has 1 aromatic heterocycles. The van der Waals surface area contributed by atoms with Gasteiger partial charge in [-0.25, -0.2) is 0 Å². The minimum Gasteiger partial charge on any atom is -0.349 e. The second-order valence-corrected chi connectivity index (χ2v) is 8.61. The van der Waals surface area contributed by atoms with E-state index in [0.29, 0.717) is 23.8 Å². The largest absolute Gasteiger partial charge is 0.349 e. The third kappa shape index (κ3) is 5.19. The van der Waals surface area contributed by atoms with Gasteiger partial charge >= 0.3 is 0 Å². The first-order valence-electron chi connectivity index (χ1n) is 10.1. The van der Waals surface area contributed by atoms with Crippen LogP contribution in [0.4, 0.5) is 5.69 Å². The number of para-hydroxylation sites is 1. The van der Waals surface area contributed by atoms with E-state index in [9.17, 15) is 9.59 Å². The van der Waals surface area contributed by atoms with Gasteiger partial charge in [-0.2, -0.15) is 11.3 Å². The SMILES string of the molecule is O=C(C[NH+]1CC[NH+](Cc2ccsc2)CC1)Nc1ccccc1C(=O)NC1CC1. The fourth-order valence-electron chi connectivity index (χ4n) is 3.69. The zero-order valence-electron chi connectivity index (χ0n) is 16.0. The summed E-state index contributed by atoms with van der Waals surface area (Å²) in [6.07, 6.45) is 2.09. The lowest BCUT2D eigenvalue weighted by molar-refractivity contribution is -1.02. The summed E-state index contributed by atoms with van der Waals surface area (Å²) in [7, 11) is 0. The van der Waals surface area contributed by atoms with E-state index in [1.807, 2.05) is 12.1 Å². The van der Waals surface area contributed by atoms with E-state index in [1.54, 1.807) is 28.4 Å². The number of benzene rings is 1. The minimum absolute atomic E-state index is 0.0250. The highest BCUT2D eigenvalue weighted by Gasteiger charge is 2.27. The van der Waals surface area contributed by atoms with Gasteiger partial charge in [0.2, 0.25) is 0 Å². The van der Waals surface area contributed by atoms with Gasteiger partial charge < -0.3 is 20.4 Å². The molecular weight excluding hydrogens is 372 g/mol. The van der Waals surface area contributed by atoms with Gasteiger partial charge in [0.1, 0.15) is 32.7 Å². The number of nitrogens with one attached hydrogen (secondary N) is 4. The number of quaternary nitrogens is 2. The van der Waals surface area contributed by atoms with Crippen molar-refractivity contribution in [3.05, 3.63) is 52.2 Å². The molecular formula is C21H28N4O2S+2. The minimum atomic E-state index is -0.101. The van der Waals surface area contributed by atoms with E-state index in [-0.39, 0.29) is 11.8 Å². The second-order valence-electron chi connectivity index (χ2n) is 7.83. The van der Waals surface area contributed by atoms with E-state index in [1.165, 1.54) is 10.5 Å². The zero-order chi connectivity index (χ0) is 19.3. The van der Waals surface area contributed by atoms with Crippen LogP contribution >= 0.6 is 11.3 Å². The van der Waals surface area contributed by atoms with Crippen LogP contribution in [0.15, 0.2) is 41.1 Å². The van der Waals surface area contributed by atoms with Gasteiger partial charge in [-0.15, -0.1) is 0 Å². The van der Waals surface area contributed by atoms with E-state index < -0.39 is 0 Å². The molecule has 148 valence electrons. The molecule has 0 atom stereocenters. The zero-order valence-corrected chi connectivity index (χ0v) is 16.8. The molecule has 0 bridgehead atoms. The van der Waals surface area contributed by atoms with Crippen molar-refractivity contribution in [3.8, 4) is 0 Å². The molecule has 0 spiro atoms. The van der Waals surface area contributed by atoms with Crippen molar-refractivity contribution in [2.24, 2.45) is 0 Å². The first kappa shape index (κ1) is 19.1. The first-order valence-corrected chi connectivity index (χ1v) is 11.0. The van der Waals surface area contributed by atoms with Crippen LogP contribution < -0.4 is 20.4 Å². The number of thiophene rings is 1. The van der Waals surface area contributed by atoms with Crippen LogP contribution in [0.3, 0.4) is 0 Å². The fraction of sp³-hybridized carbons (Fsp3) is 0.429. The number of carbonyl (C=O) groups is 2. The number of rotatable bonds is 7. The van der Waals surface area contributed by atoms with Crippen molar-refractivity contribution < 1.29 is 19.4 Å². The second kappa shape index (κ2) is 8.86. The predicted octanol–water partition coefficient (Wildman–Crippen LogP) is -0.438. The van der Waals surface area contributed by atoms with Gasteiger partial charge in [-0.3, -0.25) is 9.59 Å². The first-order chi connectivity index (χ1) is 13.7. The number of anilines is 1. The molecule has 1 saturated heterocycles. The maximum Gasteiger partial charge on any atom is 0.279 e. The molecule has 2 fully saturated rings.